The Morgan fingerprint density at radius 3 is 3.05 bits per heavy atom. The minimum Gasteiger partial charge on any atom is -0.488 e. The number of hydrogen-bond donors (Lipinski definition) is 1. The van der Waals surface area contributed by atoms with Gasteiger partial charge >= 0.3 is 0 Å². The van der Waals surface area contributed by atoms with E-state index in [1.54, 1.807) is 0 Å². The largest absolute Gasteiger partial charge is 0.488 e. The number of benzene rings is 1. The van der Waals surface area contributed by atoms with Gasteiger partial charge in [0.15, 0.2) is 0 Å². The van der Waals surface area contributed by atoms with Crippen molar-refractivity contribution in [1.29, 1.82) is 0 Å². The molecule has 1 N–H and O–H groups in total. The van der Waals surface area contributed by atoms with Crippen LogP contribution in [-0.2, 0) is 6.42 Å². The minimum absolute atomic E-state index is 0.249. The normalized spacial score (nSPS) is 26.9. The van der Waals surface area contributed by atoms with E-state index in [0.717, 1.165) is 31.7 Å². The molecule has 3 heteroatoms. The van der Waals surface area contributed by atoms with E-state index in [1.165, 1.54) is 30.4 Å². The molecular weight excluding hydrogens is 250 g/mol. The lowest BCUT2D eigenvalue weighted by Crippen LogP contribution is -2.43. The van der Waals surface area contributed by atoms with E-state index in [-0.39, 0.29) is 12.7 Å². The Morgan fingerprint density at radius 1 is 1.30 bits per heavy atom. The molecule has 110 valence electrons. The fourth-order valence-corrected chi connectivity index (χ4v) is 3.50. The number of fused-ring (bicyclic) bond motifs is 1. The number of aliphatic hydroxyl groups is 1. The molecule has 2 aliphatic rings. The molecule has 3 nitrogen and oxygen atoms in total. The van der Waals surface area contributed by atoms with Crippen molar-refractivity contribution in [3.05, 3.63) is 29.3 Å². The predicted molar refractivity (Wildman–Crippen MR) is 80.2 cm³/mol. The average Bonchev–Trinajstić information content (AvgIpc) is 2.68. The molecule has 20 heavy (non-hydrogen) atoms. The first-order chi connectivity index (χ1) is 9.76. The Balaban J connectivity index is 1.64. The summed E-state index contributed by atoms with van der Waals surface area (Å²) in [5.41, 5.74) is 2.64. The van der Waals surface area contributed by atoms with E-state index < -0.39 is 0 Å². The molecule has 1 aromatic rings. The maximum atomic E-state index is 9.59. The highest BCUT2D eigenvalue weighted by Crippen LogP contribution is 2.30. The van der Waals surface area contributed by atoms with Crippen molar-refractivity contribution in [2.45, 2.75) is 51.2 Å². The highest BCUT2D eigenvalue weighted by atomic mass is 16.5. The van der Waals surface area contributed by atoms with Crippen LogP contribution in [0.4, 0.5) is 0 Å². The van der Waals surface area contributed by atoms with Crippen molar-refractivity contribution in [3.8, 4) is 5.75 Å². The average molecular weight is 275 g/mol. The van der Waals surface area contributed by atoms with Crippen LogP contribution in [0.5, 0.6) is 5.75 Å². The fourth-order valence-electron chi connectivity index (χ4n) is 3.50. The molecule has 2 unspecified atom stereocenters. The summed E-state index contributed by atoms with van der Waals surface area (Å²) in [5, 5.41) is 9.59. The molecule has 3 rings (SSSR count). The number of ether oxygens (including phenoxy) is 1. The smallest absolute Gasteiger partial charge is 0.123 e. The lowest BCUT2D eigenvalue weighted by molar-refractivity contribution is 0.0830. The molecule has 2 atom stereocenters. The van der Waals surface area contributed by atoms with Gasteiger partial charge in [-0.1, -0.05) is 30.5 Å². The lowest BCUT2D eigenvalue weighted by atomic mass is 10.1. The number of hydrogen-bond acceptors (Lipinski definition) is 3. The maximum Gasteiger partial charge on any atom is 0.123 e. The quantitative estimate of drug-likeness (QED) is 0.920. The first-order valence-electron chi connectivity index (χ1n) is 7.87. The zero-order chi connectivity index (χ0) is 13.9. The number of aryl methyl sites for hydroxylation is 1. The first-order valence-corrected chi connectivity index (χ1v) is 7.87. The Bertz CT molecular complexity index is 460. The zero-order valence-corrected chi connectivity index (χ0v) is 12.3. The SMILES string of the molecule is Cc1ccc2c(c1)CC(CN1CCCCCC1CO)O2. The summed E-state index contributed by atoms with van der Waals surface area (Å²) in [4.78, 5) is 2.44. The van der Waals surface area contributed by atoms with E-state index in [9.17, 15) is 5.11 Å². The molecule has 0 bridgehead atoms. The summed E-state index contributed by atoms with van der Waals surface area (Å²) in [6, 6.07) is 6.77. The highest BCUT2D eigenvalue weighted by molar-refractivity contribution is 5.40. The minimum atomic E-state index is 0.249. The Hall–Kier alpha value is -1.06. The van der Waals surface area contributed by atoms with Gasteiger partial charge in [0.25, 0.3) is 0 Å². The molecule has 0 radical (unpaired) electrons. The molecule has 0 aliphatic carbocycles. The van der Waals surface area contributed by atoms with Gasteiger partial charge in [-0.3, -0.25) is 4.90 Å². The maximum absolute atomic E-state index is 9.59. The third-order valence-electron chi connectivity index (χ3n) is 4.61. The summed E-state index contributed by atoms with van der Waals surface area (Å²) in [7, 11) is 0. The summed E-state index contributed by atoms with van der Waals surface area (Å²) in [6.07, 6.45) is 6.15. The number of rotatable bonds is 3. The molecule has 0 spiro atoms. The molecule has 2 aliphatic heterocycles. The van der Waals surface area contributed by atoms with Crippen molar-refractivity contribution >= 4 is 0 Å². The monoisotopic (exact) mass is 275 g/mol. The van der Waals surface area contributed by atoms with E-state index in [1.807, 2.05) is 0 Å². The summed E-state index contributed by atoms with van der Waals surface area (Å²) >= 11 is 0. The predicted octanol–water partition coefficient (Wildman–Crippen LogP) is 2.54. The first kappa shape index (κ1) is 13.9. The van der Waals surface area contributed by atoms with Crippen LogP contribution in [0.1, 0.15) is 36.8 Å². The van der Waals surface area contributed by atoms with Gasteiger partial charge in [0, 0.05) is 19.0 Å². The van der Waals surface area contributed by atoms with Crippen molar-refractivity contribution in [3.63, 3.8) is 0 Å². The van der Waals surface area contributed by atoms with Crippen molar-refractivity contribution in [2.75, 3.05) is 19.7 Å². The van der Waals surface area contributed by atoms with Gasteiger partial charge in [-0.15, -0.1) is 0 Å². The third-order valence-corrected chi connectivity index (χ3v) is 4.61. The van der Waals surface area contributed by atoms with Crippen LogP contribution in [0, 0.1) is 6.92 Å². The number of nitrogens with zero attached hydrogens (tertiary/aromatic N) is 1. The number of likely N-dealkylation sites (tertiary alicyclic amines) is 1. The second-order valence-corrected chi connectivity index (χ2v) is 6.24. The third kappa shape index (κ3) is 2.99. The van der Waals surface area contributed by atoms with Crippen molar-refractivity contribution in [1.82, 2.24) is 4.90 Å². The van der Waals surface area contributed by atoms with Crippen LogP contribution in [0.3, 0.4) is 0 Å². The van der Waals surface area contributed by atoms with Gasteiger partial charge in [0.1, 0.15) is 11.9 Å². The molecule has 0 amide bonds. The summed E-state index contributed by atoms with van der Waals surface area (Å²) in [5.74, 6) is 1.05. The Morgan fingerprint density at radius 2 is 2.20 bits per heavy atom. The standard InChI is InChI=1S/C17H25NO2/c1-13-6-7-17-14(9-13)10-16(20-17)11-18-8-4-2-3-5-15(18)12-19/h6-7,9,15-16,19H,2-5,8,10-12H2,1H3. The molecule has 1 saturated heterocycles. The van der Waals surface area contributed by atoms with E-state index in [4.69, 9.17) is 4.74 Å². The lowest BCUT2D eigenvalue weighted by Gasteiger charge is -2.30. The van der Waals surface area contributed by atoms with Gasteiger partial charge in [-0.2, -0.15) is 0 Å². The van der Waals surface area contributed by atoms with Gasteiger partial charge in [0.05, 0.1) is 6.61 Å². The topological polar surface area (TPSA) is 32.7 Å². The molecule has 0 saturated carbocycles. The Labute approximate surface area is 121 Å². The second kappa shape index (κ2) is 6.15. The fraction of sp³-hybridized carbons (Fsp3) is 0.647. The van der Waals surface area contributed by atoms with Crippen molar-refractivity contribution < 1.29 is 9.84 Å². The van der Waals surface area contributed by atoms with E-state index in [0.29, 0.717) is 6.04 Å². The number of aliphatic hydroxyl groups excluding tert-OH is 1. The van der Waals surface area contributed by atoms with Gasteiger partial charge in [0.2, 0.25) is 0 Å². The van der Waals surface area contributed by atoms with Crippen LogP contribution in [0.25, 0.3) is 0 Å². The van der Waals surface area contributed by atoms with Crippen LogP contribution in [-0.4, -0.2) is 41.8 Å². The summed E-state index contributed by atoms with van der Waals surface area (Å²) in [6.45, 7) is 4.45. The highest BCUT2D eigenvalue weighted by Gasteiger charge is 2.28. The van der Waals surface area contributed by atoms with Gasteiger partial charge in [-0.05, 0) is 37.9 Å². The molecule has 1 fully saturated rings. The van der Waals surface area contributed by atoms with E-state index in [2.05, 4.69) is 30.0 Å². The van der Waals surface area contributed by atoms with Crippen LogP contribution < -0.4 is 4.74 Å². The van der Waals surface area contributed by atoms with Crippen LogP contribution in [0.2, 0.25) is 0 Å². The molecule has 0 aromatic heterocycles. The molecular formula is C17H25NO2. The molecule has 1 aromatic carbocycles. The molecule has 2 heterocycles. The zero-order valence-electron chi connectivity index (χ0n) is 12.3. The van der Waals surface area contributed by atoms with E-state index >= 15 is 0 Å². The second-order valence-electron chi connectivity index (χ2n) is 6.24. The van der Waals surface area contributed by atoms with Crippen LogP contribution >= 0.6 is 0 Å². The van der Waals surface area contributed by atoms with Crippen molar-refractivity contribution in [2.24, 2.45) is 0 Å². The van der Waals surface area contributed by atoms with Crippen LogP contribution in [0.15, 0.2) is 18.2 Å². The Kier molecular flexibility index (Phi) is 4.27. The summed E-state index contributed by atoms with van der Waals surface area (Å²) < 4.78 is 6.08. The van der Waals surface area contributed by atoms with Gasteiger partial charge < -0.3 is 9.84 Å². The van der Waals surface area contributed by atoms with Gasteiger partial charge in [-0.25, -0.2) is 0 Å².